The van der Waals surface area contributed by atoms with Crippen LogP contribution in [0.2, 0.25) is 0 Å². The molecule has 140 valence electrons. The van der Waals surface area contributed by atoms with Crippen molar-refractivity contribution >= 4 is 17.5 Å². The zero-order valence-corrected chi connectivity index (χ0v) is 15.8. The molecule has 0 saturated heterocycles. The van der Waals surface area contributed by atoms with E-state index in [1.54, 1.807) is 6.20 Å². The molecule has 3 aromatic rings. The largest absolute Gasteiger partial charge is 0.394 e. The normalized spacial score (nSPS) is 12.0. The Bertz CT molecular complexity index is 883. The first-order valence-corrected chi connectivity index (χ1v) is 9.07. The van der Waals surface area contributed by atoms with Crippen LogP contribution in [-0.4, -0.2) is 32.7 Å². The number of pyridine rings is 1. The minimum Gasteiger partial charge on any atom is -0.394 e. The van der Waals surface area contributed by atoms with Gasteiger partial charge in [0, 0.05) is 18.0 Å². The van der Waals surface area contributed by atoms with Crippen LogP contribution in [0.15, 0.2) is 54.7 Å². The van der Waals surface area contributed by atoms with Gasteiger partial charge in [0.15, 0.2) is 0 Å². The van der Waals surface area contributed by atoms with Gasteiger partial charge in [0.2, 0.25) is 5.95 Å². The van der Waals surface area contributed by atoms with Gasteiger partial charge < -0.3 is 15.7 Å². The van der Waals surface area contributed by atoms with Gasteiger partial charge in [0.25, 0.3) is 0 Å². The quantitative estimate of drug-likeness (QED) is 0.588. The third-order valence-corrected chi connectivity index (χ3v) is 4.38. The number of aliphatic hydroxyl groups is 1. The topological polar surface area (TPSA) is 83.0 Å². The Morgan fingerprint density at radius 2 is 1.78 bits per heavy atom. The maximum Gasteiger partial charge on any atom is 0.225 e. The standard InChI is InChI=1S/C21H25N5O/c1-14(2)19(13-27)25-21-24-18(17-10-6-7-11-22-17)12-20(26-21)23-16-9-5-4-8-15(16)3/h4-12,14,19,27H,13H2,1-3H3,(H2,23,24,25,26)/t19-/m0/s1. The molecule has 0 fully saturated rings. The first kappa shape index (κ1) is 18.8. The third kappa shape index (κ3) is 4.80. The highest BCUT2D eigenvalue weighted by atomic mass is 16.3. The molecule has 3 rings (SSSR count). The van der Waals surface area contributed by atoms with Crippen LogP contribution in [0.25, 0.3) is 11.4 Å². The van der Waals surface area contributed by atoms with Gasteiger partial charge in [-0.15, -0.1) is 0 Å². The molecule has 27 heavy (non-hydrogen) atoms. The van der Waals surface area contributed by atoms with Crippen molar-refractivity contribution in [1.82, 2.24) is 15.0 Å². The number of para-hydroxylation sites is 1. The van der Waals surface area contributed by atoms with Crippen molar-refractivity contribution in [2.24, 2.45) is 5.92 Å². The van der Waals surface area contributed by atoms with E-state index in [2.05, 4.69) is 25.6 Å². The van der Waals surface area contributed by atoms with Crippen LogP contribution >= 0.6 is 0 Å². The lowest BCUT2D eigenvalue weighted by molar-refractivity contribution is 0.248. The second-order valence-corrected chi connectivity index (χ2v) is 6.79. The summed E-state index contributed by atoms with van der Waals surface area (Å²) < 4.78 is 0. The zero-order valence-electron chi connectivity index (χ0n) is 15.8. The van der Waals surface area contributed by atoms with Gasteiger partial charge >= 0.3 is 0 Å². The maximum absolute atomic E-state index is 9.64. The Kier molecular flexibility index (Phi) is 5.98. The molecule has 0 aliphatic carbocycles. The molecule has 6 nitrogen and oxygen atoms in total. The van der Waals surface area contributed by atoms with E-state index in [1.165, 1.54) is 0 Å². The molecule has 0 spiro atoms. The molecule has 2 aromatic heterocycles. The van der Waals surface area contributed by atoms with E-state index in [0.29, 0.717) is 17.5 Å². The number of hydrogen-bond donors (Lipinski definition) is 3. The van der Waals surface area contributed by atoms with Gasteiger partial charge in [-0.2, -0.15) is 4.98 Å². The van der Waals surface area contributed by atoms with Crippen LogP contribution in [0.3, 0.4) is 0 Å². The monoisotopic (exact) mass is 363 g/mol. The molecular weight excluding hydrogens is 338 g/mol. The average Bonchev–Trinajstić information content (AvgIpc) is 2.68. The number of nitrogens with one attached hydrogen (secondary N) is 2. The van der Waals surface area contributed by atoms with E-state index in [4.69, 9.17) is 0 Å². The summed E-state index contributed by atoms with van der Waals surface area (Å²) >= 11 is 0. The minimum absolute atomic E-state index is 0.00932. The van der Waals surface area contributed by atoms with E-state index in [9.17, 15) is 5.11 Å². The predicted molar refractivity (Wildman–Crippen MR) is 109 cm³/mol. The molecule has 2 heterocycles. The highest BCUT2D eigenvalue weighted by Gasteiger charge is 2.15. The fraction of sp³-hybridized carbons (Fsp3) is 0.286. The molecule has 1 aromatic carbocycles. The fourth-order valence-electron chi connectivity index (χ4n) is 2.66. The van der Waals surface area contributed by atoms with Crippen LogP contribution in [0.5, 0.6) is 0 Å². The number of benzene rings is 1. The molecule has 3 N–H and O–H groups in total. The number of nitrogens with zero attached hydrogens (tertiary/aromatic N) is 3. The number of aliphatic hydroxyl groups excluding tert-OH is 1. The number of rotatable bonds is 7. The number of aromatic nitrogens is 3. The summed E-state index contributed by atoms with van der Waals surface area (Å²) in [6, 6.07) is 15.5. The van der Waals surface area contributed by atoms with Gasteiger partial charge in [0.1, 0.15) is 5.82 Å². The van der Waals surface area contributed by atoms with Crippen LogP contribution < -0.4 is 10.6 Å². The van der Waals surface area contributed by atoms with Crippen molar-refractivity contribution in [3.63, 3.8) is 0 Å². The third-order valence-electron chi connectivity index (χ3n) is 4.38. The van der Waals surface area contributed by atoms with Gasteiger partial charge in [0.05, 0.1) is 24.0 Å². The summed E-state index contributed by atoms with van der Waals surface area (Å²) in [4.78, 5) is 13.6. The van der Waals surface area contributed by atoms with Crippen molar-refractivity contribution in [1.29, 1.82) is 0 Å². The first-order valence-electron chi connectivity index (χ1n) is 9.07. The van der Waals surface area contributed by atoms with Crippen molar-refractivity contribution < 1.29 is 5.11 Å². The van der Waals surface area contributed by atoms with Gasteiger partial charge in [-0.25, -0.2) is 4.98 Å². The summed E-state index contributed by atoms with van der Waals surface area (Å²) in [5.41, 5.74) is 3.59. The first-order chi connectivity index (χ1) is 13.1. The van der Waals surface area contributed by atoms with Crippen LogP contribution in [0.4, 0.5) is 17.5 Å². The van der Waals surface area contributed by atoms with Gasteiger partial charge in [-0.1, -0.05) is 38.1 Å². The summed E-state index contributed by atoms with van der Waals surface area (Å²) in [6.07, 6.45) is 1.74. The van der Waals surface area contributed by atoms with E-state index >= 15 is 0 Å². The summed E-state index contributed by atoms with van der Waals surface area (Å²) in [5, 5.41) is 16.2. The predicted octanol–water partition coefficient (Wildman–Crippen LogP) is 4.02. The molecule has 0 aliphatic heterocycles. The SMILES string of the molecule is Cc1ccccc1Nc1cc(-c2ccccn2)nc(N[C@@H](CO)C(C)C)n1. The van der Waals surface area contributed by atoms with Crippen molar-refractivity contribution in [3.8, 4) is 11.4 Å². The lowest BCUT2D eigenvalue weighted by Crippen LogP contribution is -2.30. The second-order valence-electron chi connectivity index (χ2n) is 6.79. The van der Waals surface area contributed by atoms with Crippen LogP contribution in [0.1, 0.15) is 19.4 Å². The van der Waals surface area contributed by atoms with Crippen LogP contribution in [0, 0.1) is 12.8 Å². The molecule has 0 amide bonds. The Hall–Kier alpha value is -2.99. The number of aryl methyl sites for hydroxylation is 1. The lowest BCUT2D eigenvalue weighted by atomic mass is 10.1. The van der Waals surface area contributed by atoms with E-state index in [-0.39, 0.29) is 18.6 Å². The molecular formula is C21H25N5O. The molecule has 0 saturated carbocycles. The minimum atomic E-state index is -0.129. The fourth-order valence-corrected chi connectivity index (χ4v) is 2.66. The van der Waals surface area contributed by atoms with E-state index < -0.39 is 0 Å². The Balaban J connectivity index is 1.99. The molecule has 0 bridgehead atoms. The molecule has 0 radical (unpaired) electrons. The zero-order chi connectivity index (χ0) is 19.2. The highest BCUT2D eigenvalue weighted by Crippen LogP contribution is 2.24. The Labute approximate surface area is 159 Å². The van der Waals surface area contributed by atoms with Crippen LogP contribution in [-0.2, 0) is 0 Å². The average molecular weight is 363 g/mol. The molecule has 0 aliphatic rings. The smallest absolute Gasteiger partial charge is 0.225 e. The van der Waals surface area contributed by atoms with Gasteiger partial charge in [-0.3, -0.25) is 4.98 Å². The molecule has 6 heteroatoms. The number of anilines is 3. The van der Waals surface area contributed by atoms with Crippen molar-refractivity contribution in [2.45, 2.75) is 26.8 Å². The lowest BCUT2D eigenvalue weighted by Gasteiger charge is -2.20. The second kappa shape index (κ2) is 8.60. The highest BCUT2D eigenvalue weighted by molar-refractivity contribution is 5.66. The van der Waals surface area contributed by atoms with E-state index in [1.807, 2.05) is 69.3 Å². The number of hydrogen-bond acceptors (Lipinski definition) is 6. The van der Waals surface area contributed by atoms with Crippen molar-refractivity contribution in [3.05, 3.63) is 60.3 Å². The summed E-state index contributed by atoms with van der Waals surface area (Å²) in [6.45, 7) is 6.14. The maximum atomic E-state index is 9.64. The molecule has 0 unspecified atom stereocenters. The van der Waals surface area contributed by atoms with Gasteiger partial charge in [-0.05, 0) is 36.6 Å². The Morgan fingerprint density at radius 1 is 1.00 bits per heavy atom. The van der Waals surface area contributed by atoms with Crippen molar-refractivity contribution in [2.75, 3.05) is 17.2 Å². The summed E-state index contributed by atoms with van der Waals surface area (Å²) in [7, 11) is 0. The van der Waals surface area contributed by atoms with E-state index in [0.717, 1.165) is 16.9 Å². The summed E-state index contributed by atoms with van der Waals surface area (Å²) in [5.74, 6) is 1.37. The molecule has 1 atom stereocenters. The Morgan fingerprint density at radius 3 is 2.44 bits per heavy atom.